The number of halogens is 1. The first-order valence-corrected chi connectivity index (χ1v) is 4.05. The Kier molecular flexibility index (Phi) is 3.15. The molecule has 1 heterocycles. The van der Waals surface area contributed by atoms with Gasteiger partial charge in [0, 0.05) is 26.1 Å². The van der Waals surface area contributed by atoms with E-state index in [2.05, 4.69) is 0 Å². The summed E-state index contributed by atoms with van der Waals surface area (Å²) in [4.78, 5) is 12.3. The summed E-state index contributed by atoms with van der Waals surface area (Å²) in [5.74, 6) is 0.475. The zero-order valence-electron chi connectivity index (χ0n) is 6.55. The molecule has 1 amide bonds. The SMILES string of the molecule is COCC1CCN(C(=O)Cl)C1. The van der Waals surface area contributed by atoms with E-state index in [4.69, 9.17) is 16.3 Å². The van der Waals surface area contributed by atoms with Crippen molar-refractivity contribution in [3.8, 4) is 0 Å². The van der Waals surface area contributed by atoms with E-state index < -0.39 is 0 Å². The minimum absolute atomic E-state index is 0.344. The molecule has 0 aromatic rings. The van der Waals surface area contributed by atoms with E-state index in [9.17, 15) is 4.79 Å². The van der Waals surface area contributed by atoms with Crippen molar-refractivity contribution in [3.63, 3.8) is 0 Å². The van der Waals surface area contributed by atoms with Gasteiger partial charge in [-0.25, -0.2) is 0 Å². The second-order valence-electron chi connectivity index (χ2n) is 2.81. The number of methoxy groups -OCH3 is 1. The lowest BCUT2D eigenvalue weighted by Gasteiger charge is -2.11. The predicted molar refractivity (Wildman–Crippen MR) is 42.8 cm³/mol. The molecule has 0 saturated carbocycles. The summed E-state index contributed by atoms with van der Waals surface area (Å²) >= 11 is 5.30. The molecular formula is C7H12ClNO2. The quantitative estimate of drug-likeness (QED) is 0.470. The van der Waals surface area contributed by atoms with Gasteiger partial charge in [0.2, 0.25) is 0 Å². The van der Waals surface area contributed by atoms with E-state index in [0.29, 0.717) is 5.92 Å². The molecule has 0 bridgehead atoms. The lowest BCUT2D eigenvalue weighted by molar-refractivity contribution is 0.155. The van der Waals surface area contributed by atoms with Crippen molar-refractivity contribution in [3.05, 3.63) is 0 Å². The van der Waals surface area contributed by atoms with Gasteiger partial charge in [0.1, 0.15) is 0 Å². The zero-order chi connectivity index (χ0) is 8.27. The van der Waals surface area contributed by atoms with Crippen LogP contribution in [0.25, 0.3) is 0 Å². The van der Waals surface area contributed by atoms with Gasteiger partial charge in [-0.3, -0.25) is 4.79 Å². The van der Waals surface area contributed by atoms with Crippen LogP contribution < -0.4 is 0 Å². The molecular weight excluding hydrogens is 166 g/mol. The Labute approximate surface area is 71.3 Å². The number of ether oxygens (including phenoxy) is 1. The van der Waals surface area contributed by atoms with Crippen molar-refractivity contribution < 1.29 is 9.53 Å². The standard InChI is InChI=1S/C7H12ClNO2/c1-11-5-6-2-3-9(4-6)7(8)10/h6H,2-5H2,1H3. The summed E-state index contributed by atoms with van der Waals surface area (Å²) in [6.45, 7) is 2.24. The second-order valence-corrected chi connectivity index (χ2v) is 3.13. The number of carbonyl (C=O) groups is 1. The maximum absolute atomic E-state index is 10.6. The van der Waals surface area contributed by atoms with E-state index in [-0.39, 0.29) is 5.37 Å². The average molecular weight is 178 g/mol. The molecule has 64 valence electrons. The van der Waals surface area contributed by atoms with Crippen LogP contribution in [0.3, 0.4) is 0 Å². The monoisotopic (exact) mass is 177 g/mol. The zero-order valence-corrected chi connectivity index (χ0v) is 7.30. The van der Waals surface area contributed by atoms with E-state index in [1.54, 1.807) is 12.0 Å². The highest BCUT2D eigenvalue weighted by atomic mass is 35.5. The average Bonchev–Trinajstić information content (AvgIpc) is 2.37. The number of rotatable bonds is 2. The summed E-state index contributed by atoms with van der Waals surface area (Å²) in [6.07, 6.45) is 1.01. The van der Waals surface area contributed by atoms with Crippen LogP contribution >= 0.6 is 11.6 Å². The molecule has 1 aliphatic heterocycles. The molecule has 1 aliphatic rings. The maximum atomic E-state index is 10.6. The van der Waals surface area contributed by atoms with E-state index in [1.165, 1.54) is 0 Å². The topological polar surface area (TPSA) is 29.5 Å². The summed E-state index contributed by atoms with van der Waals surface area (Å²) in [7, 11) is 1.67. The fraction of sp³-hybridized carbons (Fsp3) is 0.857. The van der Waals surface area contributed by atoms with Crippen LogP contribution in [-0.2, 0) is 4.74 Å². The number of hydrogen-bond acceptors (Lipinski definition) is 2. The lowest BCUT2D eigenvalue weighted by atomic mass is 10.1. The van der Waals surface area contributed by atoms with E-state index in [1.807, 2.05) is 0 Å². The van der Waals surface area contributed by atoms with Crippen molar-refractivity contribution in [2.75, 3.05) is 26.8 Å². The third-order valence-corrected chi connectivity index (χ3v) is 2.18. The summed E-state index contributed by atoms with van der Waals surface area (Å²) < 4.78 is 4.97. The molecule has 1 unspecified atom stereocenters. The molecule has 1 atom stereocenters. The molecule has 0 radical (unpaired) electrons. The molecule has 0 aromatic heterocycles. The van der Waals surface area contributed by atoms with Crippen molar-refractivity contribution in [2.24, 2.45) is 5.92 Å². The normalized spacial score (nSPS) is 24.2. The molecule has 1 rings (SSSR count). The van der Waals surface area contributed by atoms with Crippen LogP contribution in [0.4, 0.5) is 4.79 Å². The largest absolute Gasteiger partial charge is 0.384 e. The second kappa shape index (κ2) is 3.93. The molecule has 0 spiro atoms. The first-order chi connectivity index (χ1) is 5.24. The number of nitrogens with zero attached hydrogens (tertiary/aromatic N) is 1. The predicted octanol–water partition coefficient (Wildman–Crippen LogP) is 1.31. The van der Waals surface area contributed by atoms with Crippen molar-refractivity contribution in [1.29, 1.82) is 0 Å². The van der Waals surface area contributed by atoms with Gasteiger partial charge in [0.15, 0.2) is 0 Å². The summed E-state index contributed by atoms with van der Waals surface area (Å²) in [5.41, 5.74) is 0. The number of carbonyl (C=O) groups excluding carboxylic acids is 1. The molecule has 0 aliphatic carbocycles. The fourth-order valence-corrected chi connectivity index (χ4v) is 1.52. The van der Waals surface area contributed by atoms with Crippen molar-refractivity contribution in [2.45, 2.75) is 6.42 Å². The summed E-state index contributed by atoms with van der Waals surface area (Å²) in [6, 6.07) is 0. The molecule has 3 nitrogen and oxygen atoms in total. The van der Waals surface area contributed by atoms with Crippen LogP contribution in [-0.4, -0.2) is 37.1 Å². The van der Waals surface area contributed by atoms with Gasteiger partial charge in [0.25, 0.3) is 0 Å². The fourth-order valence-electron chi connectivity index (χ4n) is 1.36. The lowest BCUT2D eigenvalue weighted by Crippen LogP contribution is -2.23. The Hall–Kier alpha value is -0.280. The van der Waals surface area contributed by atoms with Gasteiger partial charge < -0.3 is 9.64 Å². The molecule has 11 heavy (non-hydrogen) atoms. The smallest absolute Gasteiger partial charge is 0.316 e. The van der Waals surface area contributed by atoms with Gasteiger partial charge in [0.05, 0.1) is 6.61 Å². The van der Waals surface area contributed by atoms with E-state index >= 15 is 0 Å². The number of hydrogen-bond donors (Lipinski definition) is 0. The number of amides is 1. The van der Waals surface area contributed by atoms with Crippen molar-refractivity contribution in [1.82, 2.24) is 4.90 Å². The number of likely N-dealkylation sites (tertiary alicyclic amines) is 1. The Morgan fingerprint density at radius 2 is 2.55 bits per heavy atom. The van der Waals surface area contributed by atoms with Gasteiger partial charge in [-0.15, -0.1) is 0 Å². The van der Waals surface area contributed by atoms with Gasteiger partial charge in [-0.1, -0.05) is 0 Å². The molecule has 0 N–H and O–H groups in total. The highest BCUT2D eigenvalue weighted by Crippen LogP contribution is 2.17. The van der Waals surface area contributed by atoms with Crippen LogP contribution in [0.15, 0.2) is 0 Å². The minimum Gasteiger partial charge on any atom is -0.384 e. The molecule has 1 fully saturated rings. The first-order valence-electron chi connectivity index (χ1n) is 3.67. The molecule has 4 heteroatoms. The molecule has 1 saturated heterocycles. The Balaban J connectivity index is 2.29. The Bertz CT molecular complexity index is 151. The van der Waals surface area contributed by atoms with Gasteiger partial charge in [-0.2, -0.15) is 0 Å². The minimum atomic E-state index is -0.344. The van der Waals surface area contributed by atoms with Gasteiger partial charge in [-0.05, 0) is 18.0 Å². The van der Waals surface area contributed by atoms with Crippen LogP contribution in [0, 0.1) is 5.92 Å². The van der Waals surface area contributed by atoms with Crippen LogP contribution in [0.1, 0.15) is 6.42 Å². The molecule has 0 aromatic carbocycles. The summed E-state index contributed by atoms with van der Waals surface area (Å²) in [5, 5.41) is -0.344. The third kappa shape index (κ3) is 2.34. The van der Waals surface area contributed by atoms with Crippen LogP contribution in [0.5, 0.6) is 0 Å². The third-order valence-electron chi connectivity index (χ3n) is 1.94. The Morgan fingerprint density at radius 3 is 3.00 bits per heavy atom. The highest BCUT2D eigenvalue weighted by Gasteiger charge is 2.24. The van der Waals surface area contributed by atoms with Crippen molar-refractivity contribution >= 4 is 17.0 Å². The van der Waals surface area contributed by atoms with E-state index in [0.717, 1.165) is 26.1 Å². The Morgan fingerprint density at radius 1 is 1.82 bits per heavy atom. The van der Waals surface area contributed by atoms with Gasteiger partial charge >= 0.3 is 5.37 Å². The highest BCUT2D eigenvalue weighted by molar-refractivity contribution is 6.62. The van der Waals surface area contributed by atoms with Crippen LogP contribution in [0.2, 0.25) is 0 Å². The maximum Gasteiger partial charge on any atom is 0.316 e. The first kappa shape index (κ1) is 8.81.